The lowest BCUT2D eigenvalue weighted by Crippen LogP contribution is -2.36. The number of urea groups is 1. The number of benzene rings is 1. The average molecular weight is 338 g/mol. The van der Waals surface area contributed by atoms with Crippen molar-refractivity contribution in [3.05, 3.63) is 71.5 Å². The van der Waals surface area contributed by atoms with Gasteiger partial charge in [-0.25, -0.2) is 9.78 Å². The van der Waals surface area contributed by atoms with Crippen molar-refractivity contribution in [2.45, 2.75) is 13.0 Å². The number of rotatable bonds is 6. The number of hydrogen-bond acceptors (Lipinski definition) is 4. The van der Waals surface area contributed by atoms with Crippen LogP contribution in [0.15, 0.2) is 60.2 Å². The maximum absolute atomic E-state index is 11.8. The summed E-state index contributed by atoms with van der Waals surface area (Å²) in [4.78, 5) is 20.5. The van der Waals surface area contributed by atoms with Gasteiger partial charge in [-0.3, -0.25) is 4.98 Å². The van der Waals surface area contributed by atoms with Gasteiger partial charge in [0.1, 0.15) is 5.01 Å². The first-order chi connectivity index (χ1) is 11.8. The van der Waals surface area contributed by atoms with Crippen molar-refractivity contribution in [2.75, 3.05) is 6.54 Å². The number of thiazole rings is 1. The summed E-state index contributed by atoms with van der Waals surface area (Å²) in [6.45, 7) is 1.07. The largest absolute Gasteiger partial charge is 0.338 e. The first-order valence-electron chi connectivity index (χ1n) is 7.72. The van der Waals surface area contributed by atoms with Gasteiger partial charge in [-0.1, -0.05) is 30.3 Å². The zero-order chi connectivity index (χ0) is 16.6. The van der Waals surface area contributed by atoms with E-state index in [2.05, 4.69) is 20.6 Å². The van der Waals surface area contributed by atoms with Gasteiger partial charge in [0.15, 0.2) is 0 Å². The number of amides is 2. The molecule has 0 atom stereocenters. The molecule has 6 heteroatoms. The number of nitrogens with one attached hydrogen (secondary N) is 2. The maximum Gasteiger partial charge on any atom is 0.315 e. The van der Waals surface area contributed by atoms with E-state index in [1.807, 2.05) is 47.8 Å². The second-order valence-electron chi connectivity index (χ2n) is 5.23. The summed E-state index contributed by atoms with van der Waals surface area (Å²) in [5.41, 5.74) is 3.07. The highest BCUT2D eigenvalue weighted by Crippen LogP contribution is 2.22. The summed E-state index contributed by atoms with van der Waals surface area (Å²) in [5, 5.41) is 8.66. The Bertz CT molecular complexity index is 774. The zero-order valence-corrected chi connectivity index (χ0v) is 13.9. The summed E-state index contributed by atoms with van der Waals surface area (Å²) in [6.07, 6.45) is 4.25. The SMILES string of the molecule is O=C(NCCc1csc(-c2cccnc2)n1)NCc1ccccc1. The van der Waals surface area contributed by atoms with E-state index in [1.165, 1.54) is 0 Å². The van der Waals surface area contributed by atoms with Gasteiger partial charge < -0.3 is 10.6 Å². The van der Waals surface area contributed by atoms with Crippen LogP contribution in [0.2, 0.25) is 0 Å². The quantitative estimate of drug-likeness (QED) is 0.725. The number of nitrogens with zero attached hydrogens (tertiary/aromatic N) is 2. The van der Waals surface area contributed by atoms with Crippen LogP contribution in [0.1, 0.15) is 11.3 Å². The van der Waals surface area contributed by atoms with Gasteiger partial charge >= 0.3 is 6.03 Å². The lowest BCUT2D eigenvalue weighted by Gasteiger charge is -2.06. The van der Waals surface area contributed by atoms with Gasteiger partial charge in [0.25, 0.3) is 0 Å². The molecule has 0 radical (unpaired) electrons. The van der Waals surface area contributed by atoms with Crippen molar-refractivity contribution >= 4 is 17.4 Å². The molecule has 24 heavy (non-hydrogen) atoms. The van der Waals surface area contributed by atoms with Crippen molar-refractivity contribution < 1.29 is 4.79 Å². The van der Waals surface area contributed by atoms with Crippen LogP contribution < -0.4 is 10.6 Å². The molecular formula is C18H18N4OS. The third kappa shape index (κ3) is 4.63. The van der Waals surface area contributed by atoms with E-state index in [0.29, 0.717) is 19.5 Å². The Morgan fingerprint density at radius 2 is 1.96 bits per heavy atom. The molecule has 0 saturated heterocycles. The average Bonchev–Trinajstić information content (AvgIpc) is 3.11. The summed E-state index contributed by atoms with van der Waals surface area (Å²) < 4.78 is 0. The van der Waals surface area contributed by atoms with Crippen molar-refractivity contribution in [3.8, 4) is 10.6 Å². The molecule has 0 bridgehead atoms. The molecule has 3 aromatic rings. The third-order valence-electron chi connectivity index (χ3n) is 3.42. The van der Waals surface area contributed by atoms with Crippen LogP contribution in [-0.2, 0) is 13.0 Å². The third-order valence-corrected chi connectivity index (χ3v) is 4.36. The fourth-order valence-corrected chi connectivity index (χ4v) is 3.03. The lowest BCUT2D eigenvalue weighted by molar-refractivity contribution is 0.240. The molecule has 122 valence electrons. The molecule has 0 unspecified atom stereocenters. The Balaban J connectivity index is 1.42. The molecule has 5 nitrogen and oxygen atoms in total. The maximum atomic E-state index is 11.8. The van der Waals surface area contributed by atoms with Crippen LogP contribution in [0, 0.1) is 0 Å². The minimum Gasteiger partial charge on any atom is -0.338 e. The number of pyridine rings is 1. The highest BCUT2D eigenvalue weighted by molar-refractivity contribution is 7.13. The highest BCUT2D eigenvalue weighted by atomic mass is 32.1. The van der Waals surface area contributed by atoms with Crippen molar-refractivity contribution in [2.24, 2.45) is 0 Å². The number of hydrogen-bond donors (Lipinski definition) is 2. The zero-order valence-electron chi connectivity index (χ0n) is 13.1. The van der Waals surface area contributed by atoms with Gasteiger partial charge in [0.2, 0.25) is 0 Å². The van der Waals surface area contributed by atoms with Crippen LogP contribution in [-0.4, -0.2) is 22.5 Å². The standard InChI is InChI=1S/C18H18N4OS/c23-18(21-11-14-5-2-1-3-6-14)20-10-8-16-13-24-17(22-16)15-7-4-9-19-12-15/h1-7,9,12-13H,8,10-11H2,(H2,20,21,23). The summed E-state index contributed by atoms with van der Waals surface area (Å²) in [6, 6.07) is 13.6. The second-order valence-corrected chi connectivity index (χ2v) is 6.09. The van der Waals surface area contributed by atoms with E-state index in [4.69, 9.17) is 0 Å². The molecule has 0 aliphatic carbocycles. The van der Waals surface area contributed by atoms with Crippen LogP contribution >= 0.6 is 11.3 Å². The molecule has 1 aromatic carbocycles. The number of carbonyl (C=O) groups excluding carboxylic acids is 1. The van der Waals surface area contributed by atoms with E-state index in [-0.39, 0.29) is 6.03 Å². The Hall–Kier alpha value is -2.73. The molecule has 2 N–H and O–H groups in total. The van der Waals surface area contributed by atoms with Gasteiger partial charge in [-0.15, -0.1) is 11.3 Å². The summed E-state index contributed by atoms with van der Waals surface area (Å²) in [5.74, 6) is 0. The van der Waals surface area contributed by atoms with Crippen molar-refractivity contribution in [1.82, 2.24) is 20.6 Å². The van der Waals surface area contributed by atoms with E-state index in [9.17, 15) is 4.79 Å². The molecule has 0 aliphatic heterocycles. The second kappa shape index (κ2) is 8.21. The summed E-state index contributed by atoms with van der Waals surface area (Å²) >= 11 is 1.59. The minimum atomic E-state index is -0.165. The van der Waals surface area contributed by atoms with E-state index in [1.54, 1.807) is 23.7 Å². The molecular weight excluding hydrogens is 320 g/mol. The monoisotopic (exact) mass is 338 g/mol. The Labute approximate surface area is 144 Å². The fraction of sp³-hybridized carbons (Fsp3) is 0.167. The van der Waals surface area contributed by atoms with Crippen molar-refractivity contribution in [1.29, 1.82) is 0 Å². The van der Waals surface area contributed by atoms with Crippen LogP contribution in [0.5, 0.6) is 0 Å². The highest BCUT2D eigenvalue weighted by Gasteiger charge is 2.05. The molecule has 0 saturated carbocycles. The molecule has 0 aliphatic rings. The summed E-state index contributed by atoms with van der Waals surface area (Å²) in [7, 11) is 0. The van der Waals surface area contributed by atoms with Gasteiger partial charge in [-0.2, -0.15) is 0 Å². The minimum absolute atomic E-state index is 0.165. The fourth-order valence-electron chi connectivity index (χ4n) is 2.19. The Morgan fingerprint density at radius 1 is 1.08 bits per heavy atom. The van der Waals surface area contributed by atoms with Crippen LogP contribution in [0.4, 0.5) is 4.79 Å². The predicted molar refractivity (Wildman–Crippen MR) is 95.7 cm³/mol. The molecule has 2 heterocycles. The predicted octanol–water partition coefficient (Wildman–Crippen LogP) is 3.25. The van der Waals surface area contributed by atoms with Gasteiger partial charge in [0, 0.05) is 42.8 Å². The van der Waals surface area contributed by atoms with Gasteiger partial charge in [0.05, 0.1) is 5.69 Å². The van der Waals surface area contributed by atoms with E-state index < -0.39 is 0 Å². The number of aromatic nitrogens is 2. The lowest BCUT2D eigenvalue weighted by atomic mass is 10.2. The number of carbonyl (C=O) groups is 1. The Morgan fingerprint density at radius 3 is 2.75 bits per heavy atom. The normalized spacial score (nSPS) is 10.3. The smallest absolute Gasteiger partial charge is 0.315 e. The molecule has 0 fully saturated rings. The van der Waals surface area contributed by atoms with Gasteiger partial charge in [-0.05, 0) is 17.7 Å². The van der Waals surface area contributed by atoms with E-state index >= 15 is 0 Å². The first kappa shape index (κ1) is 16.1. The van der Waals surface area contributed by atoms with Crippen LogP contribution in [0.3, 0.4) is 0 Å². The van der Waals surface area contributed by atoms with Crippen LogP contribution in [0.25, 0.3) is 10.6 Å². The topological polar surface area (TPSA) is 66.9 Å². The Kier molecular flexibility index (Phi) is 5.52. The molecule has 2 amide bonds. The molecule has 0 spiro atoms. The first-order valence-corrected chi connectivity index (χ1v) is 8.59. The van der Waals surface area contributed by atoms with Crippen molar-refractivity contribution in [3.63, 3.8) is 0 Å². The van der Waals surface area contributed by atoms with E-state index in [0.717, 1.165) is 21.8 Å². The molecule has 3 rings (SSSR count). The molecule has 2 aromatic heterocycles.